The van der Waals surface area contributed by atoms with Gasteiger partial charge >= 0.3 is 0 Å². The van der Waals surface area contributed by atoms with Crippen LogP contribution in [-0.4, -0.2) is 13.4 Å². The summed E-state index contributed by atoms with van der Waals surface area (Å²) in [7, 11) is -3.94. The smallest absolute Gasteiger partial charge is 0.261 e. The molecule has 2 aromatic carbocycles. The molecule has 0 unspecified atom stereocenters. The number of nitriles is 1. The van der Waals surface area contributed by atoms with Gasteiger partial charge in [0.15, 0.2) is 5.69 Å². The lowest BCUT2D eigenvalue weighted by atomic mass is 10.2. The van der Waals surface area contributed by atoms with E-state index in [9.17, 15) is 13.7 Å². The van der Waals surface area contributed by atoms with Crippen molar-refractivity contribution < 1.29 is 12.8 Å². The zero-order valence-corrected chi connectivity index (χ0v) is 13.0. The fourth-order valence-corrected chi connectivity index (χ4v) is 3.33. The zero-order chi connectivity index (χ0) is 16.4. The molecule has 0 aliphatic heterocycles. The van der Waals surface area contributed by atoms with Gasteiger partial charge in [0, 0.05) is 5.56 Å². The Morgan fingerprint density at radius 3 is 2.30 bits per heavy atom. The molecular formula is C17H12N2O3S. The van der Waals surface area contributed by atoms with Gasteiger partial charge in [-0.3, -0.25) is 0 Å². The van der Waals surface area contributed by atoms with E-state index in [-0.39, 0.29) is 16.5 Å². The van der Waals surface area contributed by atoms with Crippen molar-refractivity contribution in [3.63, 3.8) is 0 Å². The molecule has 0 atom stereocenters. The van der Waals surface area contributed by atoms with Crippen molar-refractivity contribution in [1.82, 2.24) is 4.98 Å². The van der Waals surface area contributed by atoms with Gasteiger partial charge in [-0.25, -0.2) is 8.42 Å². The zero-order valence-electron chi connectivity index (χ0n) is 12.2. The normalized spacial score (nSPS) is 11.1. The van der Waals surface area contributed by atoms with E-state index >= 15 is 0 Å². The maximum Gasteiger partial charge on any atom is 0.261 e. The number of oxazole rings is 1. The fraction of sp³-hybridized carbons (Fsp3) is 0.0588. The third kappa shape index (κ3) is 2.74. The molecule has 114 valence electrons. The van der Waals surface area contributed by atoms with Gasteiger partial charge in [0.1, 0.15) is 6.07 Å². The highest BCUT2D eigenvalue weighted by Gasteiger charge is 2.28. The van der Waals surface area contributed by atoms with Crippen LogP contribution in [0.1, 0.15) is 11.3 Å². The Bertz CT molecular complexity index is 983. The van der Waals surface area contributed by atoms with E-state index in [1.165, 1.54) is 12.1 Å². The number of nitrogens with zero attached hydrogens (tertiary/aromatic N) is 2. The summed E-state index contributed by atoms with van der Waals surface area (Å²) in [4.78, 5) is 4.07. The van der Waals surface area contributed by atoms with Crippen molar-refractivity contribution in [3.8, 4) is 17.5 Å². The Balaban J connectivity index is 2.14. The first kappa shape index (κ1) is 15.0. The Hall–Kier alpha value is -2.91. The van der Waals surface area contributed by atoms with E-state index < -0.39 is 14.9 Å². The molecule has 0 aliphatic rings. The van der Waals surface area contributed by atoms with Gasteiger partial charge in [0.2, 0.25) is 15.7 Å². The maximum atomic E-state index is 12.7. The van der Waals surface area contributed by atoms with Gasteiger partial charge in [0.05, 0.1) is 4.90 Å². The van der Waals surface area contributed by atoms with Crippen molar-refractivity contribution in [1.29, 1.82) is 5.26 Å². The van der Waals surface area contributed by atoms with Crippen LogP contribution in [0.5, 0.6) is 0 Å². The lowest BCUT2D eigenvalue weighted by Crippen LogP contribution is -2.02. The molecule has 0 N–H and O–H groups in total. The summed E-state index contributed by atoms with van der Waals surface area (Å²) in [5.74, 6) is 0.104. The van der Waals surface area contributed by atoms with E-state index in [0.29, 0.717) is 5.56 Å². The number of benzene rings is 2. The van der Waals surface area contributed by atoms with Crippen molar-refractivity contribution in [2.24, 2.45) is 0 Å². The van der Waals surface area contributed by atoms with Crippen LogP contribution in [0.2, 0.25) is 0 Å². The summed E-state index contributed by atoms with van der Waals surface area (Å²) in [6.07, 6.45) is 0. The molecule has 0 fully saturated rings. The third-order valence-electron chi connectivity index (χ3n) is 3.30. The van der Waals surface area contributed by atoms with Gasteiger partial charge in [-0.2, -0.15) is 10.2 Å². The largest absolute Gasteiger partial charge is 0.423 e. The summed E-state index contributed by atoms with van der Waals surface area (Å²) in [5.41, 5.74) is 1.30. The van der Waals surface area contributed by atoms with E-state index in [0.717, 1.165) is 5.56 Å². The lowest BCUT2D eigenvalue weighted by Gasteiger charge is -2.01. The number of aromatic nitrogens is 1. The number of hydrogen-bond donors (Lipinski definition) is 0. The molecule has 1 heterocycles. The number of rotatable bonds is 3. The molecule has 5 nitrogen and oxygen atoms in total. The molecule has 6 heteroatoms. The van der Waals surface area contributed by atoms with Crippen LogP contribution >= 0.6 is 0 Å². The van der Waals surface area contributed by atoms with Crippen LogP contribution < -0.4 is 0 Å². The van der Waals surface area contributed by atoms with E-state index in [4.69, 9.17) is 4.42 Å². The molecule has 0 saturated carbocycles. The highest BCUT2D eigenvalue weighted by atomic mass is 32.2. The first-order chi connectivity index (χ1) is 11.0. The second-order valence-electron chi connectivity index (χ2n) is 4.95. The van der Waals surface area contributed by atoms with Crippen molar-refractivity contribution in [2.75, 3.05) is 0 Å². The van der Waals surface area contributed by atoms with Crippen LogP contribution in [0.15, 0.2) is 69.0 Å². The number of aryl methyl sites for hydroxylation is 1. The predicted octanol–water partition coefficient (Wildman–Crippen LogP) is 3.35. The molecule has 0 bridgehead atoms. The molecule has 1 aromatic heterocycles. The molecule has 0 amide bonds. The molecular weight excluding hydrogens is 312 g/mol. The summed E-state index contributed by atoms with van der Waals surface area (Å²) in [6.45, 7) is 1.86. The van der Waals surface area contributed by atoms with Gasteiger partial charge < -0.3 is 4.42 Å². The van der Waals surface area contributed by atoms with Crippen LogP contribution in [-0.2, 0) is 9.84 Å². The SMILES string of the molecule is Cc1ccc(S(=O)(=O)c2oc(-c3ccccc3)nc2C#N)cc1. The Labute approximate surface area is 133 Å². The van der Waals surface area contributed by atoms with Crippen LogP contribution in [0.25, 0.3) is 11.5 Å². The topological polar surface area (TPSA) is 84.0 Å². The first-order valence-corrected chi connectivity index (χ1v) is 8.29. The Morgan fingerprint density at radius 2 is 1.70 bits per heavy atom. The minimum Gasteiger partial charge on any atom is -0.423 e. The second kappa shape index (κ2) is 5.71. The fourth-order valence-electron chi connectivity index (χ4n) is 2.09. The lowest BCUT2D eigenvalue weighted by molar-refractivity contribution is 0.457. The minimum atomic E-state index is -3.94. The summed E-state index contributed by atoms with van der Waals surface area (Å²) in [5, 5.41) is 8.77. The first-order valence-electron chi connectivity index (χ1n) is 6.80. The quantitative estimate of drug-likeness (QED) is 0.737. The Kier molecular flexibility index (Phi) is 3.72. The molecule has 0 spiro atoms. The highest BCUT2D eigenvalue weighted by Crippen LogP contribution is 2.29. The summed E-state index contributed by atoms with van der Waals surface area (Å²) in [6, 6.07) is 17.0. The monoisotopic (exact) mass is 324 g/mol. The summed E-state index contributed by atoms with van der Waals surface area (Å²) < 4.78 is 30.8. The van der Waals surface area contributed by atoms with E-state index in [2.05, 4.69) is 4.98 Å². The number of sulfone groups is 1. The standard InChI is InChI=1S/C17H12N2O3S/c1-12-7-9-14(10-8-12)23(20,21)17-15(11-18)19-16(22-17)13-5-3-2-4-6-13/h2-10H,1H3. The average molecular weight is 324 g/mol. The van der Waals surface area contributed by atoms with E-state index in [1.54, 1.807) is 42.5 Å². The average Bonchev–Trinajstić information content (AvgIpc) is 3.01. The molecule has 23 heavy (non-hydrogen) atoms. The van der Waals surface area contributed by atoms with Crippen LogP contribution in [0.4, 0.5) is 0 Å². The van der Waals surface area contributed by atoms with Gasteiger partial charge in [0.25, 0.3) is 5.09 Å². The molecule has 3 rings (SSSR count). The third-order valence-corrected chi connectivity index (χ3v) is 4.96. The molecule has 0 radical (unpaired) electrons. The summed E-state index contributed by atoms with van der Waals surface area (Å²) >= 11 is 0. The molecule has 3 aromatic rings. The highest BCUT2D eigenvalue weighted by molar-refractivity contribution is 7.91. The van der Waals surface area contributed by atoms with Crippen molar-refractivity contribution >= 4 is 9.84 Å². The maximum absolute atomic E-state index is 12.7. The molecule has 0 saturated heterocycles. The van der Waals surface area contributed by atoms with Crippen LogP contribution in [0.3, 0.4) is 0 Å². The van der Waals surface area contributed by atoms with Crippen molar-refractivity contribution in [2.45, 2.75) is 16.9 Å². The Morgan fingerprint density at radius 1 is 1.04 bits per heavy atom. The van der Waals surface area contributed by atoms with E-state index in [1.807, 2.05) is 13.0 Å². The van der Waals surface area contributed by atoms with Gasteiger partial charge in [-0.1, -0.05) is 35.9 Å². The van der Waals surface area contributed by atoms with Gasteiger partial charge in [-0.15, -0.1) is 0 Å². The van der Waals surface area contributed by atoms with Gasteiger partial charge in [-0.05, 0) is 31.2 Å². The minimum absolute atomic E-state index is 0.0651. The molecule has 0 aliphatic carbocycles. The predicted molar refractivity (Wildman–Crippen MR) is 83.3 cm³/mol. The number of hydrogen-bond acceptors (Lipinski definition) is 5. The van der Waals surface area contributed by atoms with Crippen LogP contribution in [0, 0.1) is 18.3 Å². The van der Waals surface area contributed by atoms with Crippen molar-refractivity contribution in [3.05, 3.63) is 65.9 Å². The second-order valence-corrected chi connectivity index (χ2v) is 6.80.